The molecule has 1 saturated carbocycles. The van der Waals surface area contributed by atoms with E-state index in [0.29, 0.717) is 6.61 Å². The van der Waals surface area contributed by atoms with Gasteiger partial charge >= 0.3 is 0 Å². The molecule has 0 aliphatic heterocycles. The number of ether oxygens (including phenoxy) is 1. The van der Waals surface area contributed by atoms with E-state index in [1.807, 2.05) is 12.1 Å². The predicted octanol–water partition coefficient (Wildman–Crippen LogP) is 3.10. The minimum absolute atomic E-state index is 0.596. The highest BCUT2D eigenvalue weighted by molar-refractivity contribution is 7.98. The van der Waals surface area contributed by atoms with Crippen molar-refractivity contribution in [1.82, 2.24) is 5.32 Å². The average Bonchev–Trinajstić information content (AvgIpc) is 3.18. The number of nitrogens with one attached hydrogen (secondary N) is 1. The van der Waals surface area contributed by atoms with Gasteiger partial charge in [0.1, 0.15) is 12.4 Å². The zero-order chi connectivity index (χ0) is 12.1. The molecule has 0 saturated heterocycles. The monoisotopic (exact) mass is 249 g/mol. The lowest BCUT2D eigenvalue weighted by Crippen LogP contribution is -2.21. The third-order valence-electron chi connectivity index (χ3n) is 2.72. The Bertz CT molecular complexity index is 370. The second-order valence-electron chi connectivity index (χ2n) is 4.37. The molecule has 1 N–H and O–H groups in total. The van der Waals surface area contributed by atoms with E-state index < -0.39 is 0 Å². The number of hydrogen-bond donors (Lipinski definition) is 1. The van der Waals surface area contributed by atoms with Crippen molar-refractivity contribution >= 4 is 11.8 Å². The average molecular weight is 249 g/mol. The van der Waals surface area contributed by atoms with Gasteiger partial charge in [-0.2, -0.15) is 0 Å². The maximum absolute atomic E-state index is 5.67. The largest absolute Gasteiger partial charge is 0.489 e. The van der Waals surface area contributed by atoms with Crippen LogP contribution in [0.2, 0.25) is 0 Å². The van der Waals surface area contributed by atoms with Gasteiger partial charge in [0.05, 0.1) is 0 Å². The maximum Gasteiger partial charge on any atom is 0.119 e. The summed E-state index contributed by atoms with van der Waals surface area (Å²) < 4.78 is 5.67. The first-order valence-corrected chi connectivity index (χ1v) is 7.17. The Morgan fingerprint density at radius 2 is 2.12 bits per heavy atom. The number of rotatable bonds is 7. The van der Waals surface area contributed by atoms with Gasteiger partial charge in [-0.15, -0.1) is 11.8 Å². The predicted molar refractivity (Wildman–Crippen MR) is 73.9 cm³/mol. The molecule has 0 amide bonds. The van der Waals surface area contributed by atoms with Crippen LogP contribution in [0.1, 0.15) is 12.8 Å². The quantitative estimate of drug-likeness (QED) is 0.592. The van der Waals surface area contributed by atoms with Crippen molar-refractivity contribution < 1.29 is 4.74 Å². The van der Waals surface area contributed by atoms with Gasteiger partial charge in [0.15, 0.2) is 0 Å². The van der Waals surface area contributed by atoms with E-state index in [0.717, 1.165) is 23.9 Å². The highest BCUT2D eigenvalue weighted by atomic mass is 32.2. The summed E-state index contributed by atoms with van der Waals surface area (Å²) in [6.07, 6.45) is 4.69. The van der Waals surface area contributed by atoms with Crippen LogP contribution in [0, 0.1) is 0 Å². The lowest BCUT2D eigenvalue weighted by molar-refractivity contribution is 0.348. The highest BCUT2D eigenvalue weighted by Gasteiger charge is 2.19. The summed E-state index contributed by atoms with van der Waals surface area (Å²) in [5.41, 5.74) is 1.10. The van der Waals surface area contributed by atoms with E-state index in [9.17, 15) is 0 Å². The van der Waals surface area contributed by atoms with Gasteiger partial charge in [0.25, 0.3) is 0 Å². The second-order valence-corrected chi connectivity index (χ2v) is 5.25. The first kappa shape index (κ1) is 12.5. The van der Waals surface area contributed by atoms with Crippen LogP contribution in [0.25, 0.3) is 0 Å². The minimum Gasteiger partial charge on any atom is -0.489 e. The van der Waals surface area contributed by atoms with E-state index in [2.05, 4.69) is 30.3 Å². The lowest BCUT2D eigenvalue weighted by atomic mass is 10.3. The minimum atomic E-state index is 0.596. The Morgan fingerprint density at radius 1 is 1.41 bits per heavy atom. The summed E-state index contributed by atoms with van der Waals surface area (Å²) in [4.78, 5) is 1.26. The highest BCUT2D eigenvalue weighted by Crippen LogP contribution is 2.20. The number of benzene rings is 1. The Labute approximate surface area is 107 Å². The van der Waals surface area contributed by atoms with Gasteiger partial charge in [0.2, 0.25) is 0 Å². The molecule has 0 aromatic heterocycles. The molecule has 1 fully saturated rings. The van der Waals surface area contributed by atoms with E-state index >= 15 is 0 Å². The van der Waals surface area contributed by atoms with Crippen LogP contribution in [-0.2, 0) is 0 Å². The molecule has 1 aromatic carbocycles. The topological polar surface area (TPSA) is 21.3 Å². The van der Waals surface area contributed by atoms with Gasteiger partial charge in [-0.1, -0.05) is 6.58 Å². The molecule has 0 unspecified atom stereocenters. The summed E-state index contributed by atoms with van der Waals surface area (Å²) in [5.74, 6) is 0.912. The normalized spacial score (nSPS) is 14.6. The molecule has 3 heteroatoms. The molecule has 17 heavy (non-hydrogen) atoms. The molecule has 92 valence electrons. The van der Waals surface area contributed by atoms with Gasteiger partial charge in [-0.05, 0) is 48.9 Å². The van der Waals surface area contributed by atoms with E-state index in [4.69, 9.17) is 4.74 Å². The summed E-state index contributed by atoms with van der Waals surface area (Å²) in [6, 6.07) is 8.89. The van der Waals surface area contributed by atoms with E-state index in [1.54, 1.807) is 11.8 Å². The summed E-state index contributed by atoms with van der Waals surface area (Å²) in [5, 5.41) is 3.43. The second kappa shape index (κ2) is 6.12. The Kier molecular flexibility index (Phi) is 4.51. The molecule has 0 radical (unpaired) electrons. The first-order valence-electron chi connectivity index (χ1n) is 5.95. The van der Waals surface area contributed by atoms with Crippen molar-refractivity contribution in [1.29, 1.82) is 0 Å². The van der Waals surface area contributed by atoms with Crippen LogP contribution in [0.4, 0.5) is 0 Å². The smallest absolute Gasteiger partial charge is 0.119 e. The van der Waals surface area contributed by atoms with Crippen LogP contribution < -0.4 is 10.1 Å². The van der Waals surface area contributed by atoms with Gasteiger partial charge in [0, 0.05) is 17.5 Å². The third-order valence-corrected chi connectivity index (χ3v) is 3.46. The van der Waals surface area contributed by atoms with Crippen LogP contribution >= 0.6 is 11.8 Å². The zero-order valence-corrected chi connectivity index (χ0v) is 11.1. The van der Waals surface area contributed by atoms with Crippen LogP contribution in [0.3, 0.4) is 0 Å². The molecule has 0 heterocycles. The molecule has 2 nitrogen and oxygen atoms in total. The SMILES string of the molecule is C=C(CNC1CC1)COc1ccc(SC)cc1. The molecule has 1 aromatic rings. The summed E-state index contributed by atoms with van der Waals surface area (Å²) >= 11 is 1.74. The molecule has 1 aliphatic rings. The molecule has 1 aliphatic carbocycles. The Morgan fingerprint density at radius 3 is 2.71 bits per heavy atom. The van der Waals surface area contributed by atoms with Gasteiger partial charge in [-0.3, -0.25) is 0 Å². The summed E-state index contributed by atoms with van der Waals surface area (Å²) in [7, 11) is 0. The molecule has 0 bridgehead atoms. The standard InChI is InChI=1S/C14H19NOS/c1-11(9-15-12-3-4-12)10-16-13-5-7-14(17-2)8-6-13/h5-8,12,15H,1,3-4,9-10H2,2H3. The van der Waals surface area contributed by atoms with Crippen molar-refractivity contribution in [2.75, 3.05) is 19.4 Å². The Hall–Kier alpha value is -0.930. The van der Waals surface area contributed by atoms with E-state index in [1.165, 1.54) is 17.7 Å². The van der Waals surface area contributed by atoms with E-state index in [-0.39, 0.29) is 0 Å². The van der Waals surface area contributed by atoms with Crippen molar-refractivity contribution in [3.05, 3.63) is 36.4 Å². The fourth-order valence-electron chi connectivity index (χ4n) is 1.48. The lowest BCUT2D eigenvalue weighted by Gasteiger charge is -2.09. The molecular formula is C14H19NOS. The molecule has 2 rings (SSSR count). The van der Waals surface area contributed by atoms with Crippen molar-refractivity contribution in [3.63, 3.8) is 0 Å². The Balaban J connectivity index is 1.70. The van der Waals surface area contributed by atoms with Crippen LogP contribution in [0.5, 0.6) is 5.75 Å². The number of thioether (sulfide) groups is 1. The first-order chi connectivity index (χ1) is 8.28. The van der Waals surface area contributed by atoms with Crippen molar-refractivity contribution in [2.45, 2.75) is 23.8 Å². The zero-order valence-electron chi connectivity index (χ0n) is 10.2. The fourth-order valence-corrected chi connectivity index (χ4v) is 1.89. The third kappa shape index (κ3) is 4.44. The maximum atomic E-state index is 5.67. The number of hydrogen-bond acceptors (Lipinski definition) is 3. The van der Waals surface area contributed by atoms with Gasteiger partial charge < -0.3 is 10.1 Å². The van der Waals surface area contributed by atoms with Crippen molar-refractivity contribution in [2.24, 2.45) is 0 Å². The molecule has 0 spiro atoms. The summed E-state index contributed by atoms with van der Waals surface area (Å²) in [6.45, 7) is 5.48. The van der Waals surface area contributed by atoms with Crippen LogP contribution in [-0.4, -0.2) is 25.4 Å². The molecule has 0 atom stereocenters. The van der Waals surface area contributed by atoms with Crippen molar-refractivity contribution in [3.8, 4) is 5.75 Å². The fraction of sp³-hybridized carbons (Fsp3) is 0.429. The van der Waals surface area contributed by atoms with Gasteiger partial charge in [-0.25, -0.2) is 0 Å². The molecular weight excluding hydrogens is 230 g/mol. The van der Waals surface area contributed by atoms with Crippen LogP contribution in [0.15, 0.2) is 41.3 Å².